The number of hydrogen-bond donors (Lipinski definition) is 2. The highest BCUT2D eigenvalue weighted by atomic mass is 127. The molecule has 0 heterocycles. The summed E-state index contributed by atoms with van der Waals surface area (Å²) in [5.74, 6) is 0.636. The van der Waals surface area contributed by atoms with Gasteiger partial charge < -0.3 is 10.6 Å². The molecule has 0 aromatic heterocycles. The average molecular weight is 431 g/mol. The quantitative estimate of drug-likeness (QED) is 0.320. The van der Waals surface area contributed by atoms with Gasteiger partial charge in [0, 0.05) is 18.0 Å². The van der Waals surface area contributed by atoms with Crippen molar-refractivity contribution in [2.24, 2.45) is 4.99 Å². The van der Waals surface area contributed by atoms with Gasteiger partial charge in [-0.3, -0.25) is 4.99 Å². The lowest BCUT2D eigenvalue weighted by molar-refractivity contribution is 0.527. The van der Waals surface area contributed by atoms with Gasteiger partial charge >= 0.3 is 0 Å². The van der Waals surface area contributed by atoms with E-state index in [1.165, 1.54) is 6.07 Å². The zero-order valence-corrected chi connectivity index (χ0v) is 16.4. The summed E-state index contributed by atoms with van der Waals surface area (Å²) in [5.41, 5.74) is 0.757. The average Bonchev–Trinajstić information content (AvgIpc) is 2.98. The molecule has 2 N–H and O–H groups in total. The van der Waals surface area contributed by atoms with Gasteiger partial charge in [-0.15, -0.1) is 24.0 Å². The Labute approximate surface area is 155 Å². The first kappa shape index (κ1) is 19.9. The van der Waals surface area contributed by atoms with Crippen LogP contribution in [0.3, 0.4) is 0 Å². The fourth-order valence-corrected chi connectivity index (χ4v) is 2.53. The highest BCUT2D eigenvalue weighted by molar-refractivity contribution is 14.0. The predicted octanol–water partition coefficient (Wildman–Crippen LogP) is 4.00. The minimum Gasteiger partial charge on any atom is -0.357 e. The first-order chi connectivity index (χ1) is 10.5. The minimum absolute atomic E-state index is 0. The summed E-state index contributed by atoms with van der Waals surface area (Å²) in [6, 6.07) is 7.21. The van der Waals surface area contributed by atoms with E-state index in [1.807, 2.05) is 6.07 Å². The van der Waals surface area contributed by atoms with E-state index >= 15 is 0 Å². The van der Waals surface area contributed by atoms with Crippen LogP contribution in [0.1, 0.15) is 39.2 Å². The maximum atomic E-state index is 13.4. The SMILES string of the molecule is CCNC(=NCC(C)(C)c1cccc(F)c1)NC1CC=CC1.I. The molecule has 23 heavy (non-hydrogen) atoms. The first-order valence-electron chi connectivity index (χ1n) is 7.97. The standard InChI is InChI=1S/C18H26FN3.HI/c1-4-20-17(22-16-10-5-6-11-16)21-13-18(2,3)14-8-7-9-15(19)12-14;/h5-9,12,16H,4,10-11,13H2,1-3H3,(H2,20,21,22);1H. The largest absolute Gasteiger partial charge is 0.357 e. The molecule has 1 aromatic rings. The molecule has 0 fully saturated rings. The Kier molecular flexibility index (Phi) is 8.02. The van der Waals surface area contributed by atoms with E-state index in [-0.39, 0.29) is 35.2 Å². The van der Waals surface area contributed by atoms with Crippen molar-refractivity contribution in [1.82, 2.24) is 10.6 Å². The second kappa shape index (κ2) is 9.25. The first-order valence-corrected chi connectivity index (χ1v) is 7.97. The Morgan fingerprint density at radius 3 is 2.61 bits per heavy atom. The zero-order valence-electron chi connectivity index (χ0n) is 14.1. The molecule has 1 aliphatic rings. The molecule has 2 rings (SSSR count). The lowest BCUT2D eigenvalue weighted by Crippen LogP contribution is -2.43. The van der Waals surface area contributed by atoms with Crippen LogP contribution in [0.5, 0.6) is 0 Å². The Balaban J connectivity index is 0.00000264. The highest BCUT2D eigenvalue weighted by Gasteiger charge is 2.21. The third-order valence-electron chi connectivity index (χ3n) is 3.93. The fraction of sp³-hybridized carbons (Fsp3) is 0.500. The summed E-state index contributed by atoms with van der Waals surface area (Å²) >= 11 is 0. The van der Waals surface area contributed by atoms with Crippen LogP contribution in [-0.4, -0.2) is 25.1 Å². The number of nitrogens with one attached hydrogen (secondary N) is 2. The van der Waals surface area contributed by atoms with E-state index in [4.69, 9.17) is 4.99 Å². The molecule has 0 radical (unpaired) electrons. The molecule has 128 valence electrons. The van der Waals surface area contributed by atoms with Gasteiger partial charge in [0.15, 0.2) is 5.96 Å². The molecule has 1 aliphatic carbocycles. The van der Waals surface area contributed by atoms with Crippen molar-refractivity contribution < 1.29 is 4.39 Å². The molecule has 0 unspecified atom stereocenters. The predicted molar refractivity (Wildman–Crippen MR) is 106 cm³/mol. The third-order valence-corrected chi connectivity index (χ3v) is 3.93. The van der Waals surface area contributed by atoms with Crippen molar-refractivity contribution >= 4 is 29.9 Å². The van der Waals surface area contributed by atoms with Crippen molar-refractivity contribution in [2.75, 3.05) is 13.1 Å². The van der Waals surface area contributed by atoms with Crippen LogP contribution in [0, 0.1) is 5.82 Å². The van der Waals surface area contributed by atoms with Gasteiger partial charge in [0.1, 0.15) is 5.82 Å². The topological polar surface area (TPSA) is 36.4 Å². The second-order valence-corrected chi connectivity index (χ2v) is 6.37. The van der Waals surface area contributed by atoms with E-state index in [2.05, 4.69) is 43.6 Å². The Morgan fingerprint density at radius 2 is 2.00 bits per heavy atom. The normalized spacial score (nSPS) is 15.4. The molecule has 0 atom stereocenters. The van der Waals surface area contributed by atoms with Gasteiger partial charge in [-0.2, -0.15) is 0 Å². The molecule has 1 aromatic carbocycles. The van der Waals surface area contributed by atoms with Crippen LogP contribution < -0.4 is 10.6 Å². The number of halogens is 2. The van der Waals surface area contributed by atoms with Crippen LogP contribution >= 0.6 is 24.0 Å². The lowest BCUT2D eigenvalue weighted by Gasteiger charge is -2.24. The van der Waals surface area contributed by atoms with Crippen LogP contribution in [0.2, 0.25) is 0 Å². The second-order valence-electron chi connectivity index (χ2n) is 6.37. The van der Waals surface area contributed by atoms with Crippen LogP contribution in [0.15, 0.2) is 41.4 Å². The molecule has 0 amide bonds. The lowest BCUT2D eigenvalue weighted by atomic mass is 9.85. The van der Waals surface area contributed by atoms with E-state index in [1.54, 1.807) is 12.1 Å². The molecule has 3 nitrogen and oxygen atoms in total. The van der Waals surface area contributed by atoms with Crippen LogP contribution in [0.25, 0.3) is 0 Å². The molecule has 0 saturated carbocycles. The fourth-order valence-electron chi connectivity index (χ4n) is 2.53. The summed E-state index contributed by atoms with van der Waals surface area (Å²) < 4.78 is 13.4. The molecule has 5 heteroatoms. The van der Waals surface area contributed by atoms with E-state index in [9.17, 15) is 4.39 Å². The van der Waals surface area contributed by atoms with Gasteiger partial charge in [-0.25, -0.2) is 4.39 Å². The van der Waals surface area contributed by atoms with E-state index in [0.717, 1.165) is 30.9 Å². The van der Waals surface area contributed by atoms with Crippen molar-refractivity contribution in [3.8, 4) is 0 Å². The van der Waals surface area contributed by atoms with Crippen molar-refractivity contribution in [3.05, 3.63) is 47.8 Å². The number of nitrogens with zero attached hydrogens (tertiary/aromatic N) is 1. The van der Waals surface area contributed by atoms with E-state index < -0.39 is 0 Å². The number of hydrogen-bond acceptors (Lipinski definition) is 1. The van der Waals surface area contributed by atoms with Crippen LogP contribution in [-0.2, 0) is 5.41 Å². The van der Waals surface area contributed by atoms with Crippen molar-refractivity contribution in [2.45, 2.75) is 45.1 Å². The number of benzene rings is 1. The Morgan fingerprint density at radius 1 is 1.30 bits per heavy atom. The number of rotatable bonds is 5. The monoisotopic (exact) mass is 431 g/mol. The smallest absolute Gasteiger partial charge is 0.191 e. The molecule has 0 saturated heterocycles. The molecular formula is C18H27FIN3. The number of aliphatic imine (C=N–C) groups is 1. The third kappa shape index (κ3) is 6.12. The zero-order chi connectivity index (χ0) is 16.0. The maximum absolute atomic E-state index is 13.4. The van der Waals surface area contributed by atoms with Crippen molar-refractivity contribution in [1.29, 1.82) is 0 Å². The summed E-state index contributed by atoms with van der Waals surface area (Å²) in [6.45, 7) is 7.66. The van der Waals surface area contributed by atoms with Crippen LogP contribution in [0.4, 0.5) is 4.39 Å². The summed E-state index contributed by atoms with van der Waals surface area (Å²) in [5, 5.41) is 6.74. The molecule has 0 aliphatic heterocycles. The van der Waals surface area contributed by atoms with Gasteiger partial charge in [0.05, 0.1) is 6.54 Å². The summed E-state index contributed by atoms with van der Waals surface area (Å²) in [6.07, 6.45) is 6.46. The molecule has 0 spiro atoms. The number of guanidine groups is 1. The van der Waals surface area contributed by atoms with Crippen molar-refractivity contribution in [3.63, 3.8) is 0 Å². The van der Waals surface area contributed by atoms with E-state index in [0.29, 0.717) is 12.6 Å². The van der Waals surface area contributed by atoms with Gasteiger partial charge in [0.25, 0.3) is 0 Å². The van der Waals surface area contributed by atoms with Gasteiger partial charge in [0.2, 0.25) is 0 Å². The van der Waals surface area contributed by atoms with Gasteiger partial charge in [-0.1, -0.05) is 38.1 Å². The summed E-state index contributed by atoms with van der Waals surface area (Å²) in [7, 11) is 0. The highest BCUT2D eigenvalue weighted by Crippen LogP contribution is 2.24. The molecular weight excluding hydrogens is 404 g/mol. The Hall–Kier alpha value is -1.11. The van der Waals surface area contributed by atoms with Gasteiger partial charge in [-0.05, 0) is 37.5 Å². The Bertz CT molecular complexity index is 547. The molecule has 0 bridgehead atoms. The minimum atomic E-state index is -0.210. The maximum Gasteiger partial charge on any atom is 0.191 e. The summed E-state index contributed by atoms with van der Waals surface area (Å²) in [4.78, 5) is 4.70.